The molecule has 1 atom stereocenters. The van der Waals surface area contributed by atoms with Crippen LogP contribution in [0, 0.1) is 11.8 Å². The van der Waals surface area contributed by atoms with Crippen LogP contribution in [0.3, 0.4) is 0 Å². The molecular weight excluding hydrogens is 366 g/mol. The predicted octanol–water partition coefficient (Wildman–Crippen LogP) is 1.60. The molecule has 2 amide bonds. The molecule has 0 aromatic heterocycles. The summed E-state index contributed by atoms with van der Waals surface area (Å²) < 4.78 is 26.5. The zero-order valence-electron chi connectivity index (χ0n) is 15.8. The molecule has 1 N–H and O–H groups in total. The number of benzene rings is 1. The van der Waals surface area contributed by atoms with Crippen molar-refractivity contribution in [1.82, 2.24) is 9.62 Å². The van der Waals surface area contributed by atoms with Crippen LogP contribution >= 0.6 is 0 Å². The highest BCUT2D eigenvalue weighted by Gasteiger charge is 2.36. The van der Waals surface area contributed by atoms with Crippen molar-refractivity contribution in [2.75, 3.05) is 31.1 Å². The van der Waals surface area contributed by atoms with Crippen LogP contribution < -0.4 is 10.2 Å². The second-order valence-electron chi connectivity index (χ2n) is 7.18. The van der Waals surface area contributed by atoms with Crippen molar-refractivity contribution < 1.29 is 18.0 Å². The van der Waals surface area contributed by atoms with E-state index in [0.29, 0.717) is 37.8 Å². The third kappa shape index (κ3) is 4.32. The monoisotopic (exact) mass is 393 g/mol. The minimum Gasteiger partial charge on any atom is -0.356 e. The number of nitrogens with zero attached hydrogens (tertiary/aromatic N) is 2. The molecule has 1 heterocycles. The fraction of sp³-hybridized carbons (Fsp3) is 0.579. The molecule has 1 aromatic rings. The quantitative estimate of drug-likeness (QED) is 0.727. The molecule has 3 rings (SSSR count). The lowest BCUT2D eigenvalue weighted by Gasteiger charge is -2.20. The maximum atomic E-state index is 12.6. The van der Waals surface area contributed by atoms with Gasteiger partial charge < -0.3 is 10.2 Å². The third-order valence-corrected chi connectivity index (χ3v) is 7.31. The Morgan fingerprint density at radius 1 is 1.19 bits per heavy atom. The fourth-order valence-corrected chi connectivity index (χ4v) is 4.81. The SMILES string of the molecule is CCN(CC)S(=O)(=O)c1ccc(N2CC(C(=O)NCC3CC3)CC2=O)cc1. The van der Waals surface area contributed by atoms with Gasteiger partial charge in [-0.15, -0.1) is 0 Å². The molecule has 1 saturated heterocycles. The number of hydrogen-bond acceptors (Lipinski definition) is 4. The van der Waals surface area contributed by atoms with E-state index in [2.05, 4.69) is 5.32 Å². The van der Waals surface area contributed by atoms with E-state index in [-0.39, 0.29) is 29.0 Å². The zero-order valence-corrected chi connectivity index (χ0v) is 16.7. The molecule has 1 saturated carbocycles. The molecule has 7 nitrogen and oxygen atoms in total. The van der Waals surface area contributed by atoms with Crippen LogP contribution in [0.15, 0.2) is 29.2 Å². The molecule has 2 aliphatic rings. The van der Waals surface area contributed by atoms with Gasteiger partial charge in [-0.1, -0.05) is 13.8 Å². The predicted molar refractivity (Wildman–Crippen MR) is 103 cm³/mol. The van der Waals surface area contributed by atoms with Crippen LogP contribution in [0.5, 0.6) is 0 Å². The highest BCUT2D eigenvalue weighted by atomic mass is 32.2. The van der Waals surface area contributed by atoms with Crippen LogP contribution in [0.25, 0.3) is 0 Å². The maximum absolute atomic E-state index is 12.6. The second kappa shape index (κ2) is 7.98. The minimum absolute atomic E-state index is 0.0709. The van der Waals surface area contributed by atoms with Gasteiger partial charge in [0.1, 0.15) is 0 Å². The summed E-state index contributed by atoms with van der Waals surface area (Å²) >= 11 is 0. The number of amides is 2. The van der Waals surface area contributed by atoms with Crippen LogP contribution in [0.1, 0.15) is 33.1 Å². The Morgan fingerprint density at radius 2 is 1.81 bits per heavy atom. The summed E-state index contributed by atoms with van der Waals surface area (Å²) in [4.78, 5) is 26.4. The molecule has 0 spiro atoms. The van der Waals surface area contributed by atoms with Gasteiger partial charge in [-0.05, 0) is 43.0 Å². The highest BCUT2D eigenvalue weighted by molar-refractivity contribution is 7.89. The summed E-state index contributed by atoms with van der Waals surface area (Å²) in [6.07, 6.45) is 2.52. The molecule has 1 aliphatic carbocycles. The smallest absolute Gasteiger partial charge is 0.243 e. The first-order valence-corrected chi connectivity index (χ1v) is 11.0. The Kier molecular flexibility index (Phi) is 5.86. The van der Waals surface area contributed by atoms with E-state index < -0.39 is 10.0 Å². The van der Waals surface area contributed by atoms with Crippen molar-refractivity contribution in [3.63, 3.8) is 0 Å². The first-order chi connectivity index (χ1) is 12.9. The number of rotatable bonds is 8. The molecule has 0 bridgehead atoms. The van der Waals surface area contributed by atoms with E-state index >= 15 is 0 Å². The molecule has 1 aromatic carbocycles. The van der Waals surface area contributed by atoms with Crippen molar-refractivity contribution >= 4 is 27.5 Å². The van der Waals surface area contributed by atoms with Crippen LogP contribution in [0.2, 0.25) is 0 Å². The van der Waals surface area contributed by atoms with Crippen LogP contribution in [-0.4, -0.2) is 50.7 Å². The van der Waals surface area contributed by atoms with Gasteiger partial charge in [-0.25, -0.2) is 8.42 Å². The van der Waals surface area contributed by atoms with E-state index in [4.69, 9.17) is 0 Å². The number of sulfonamides is 1. The fourth-order valence-electron chi connectivity index (χ4n) is 3.35. The average Bonchev–Trinajstić information content (AvgIpc) is 3.41. The third-order valence-electron chi connectivity index (χ3n) is 5.25. The highest BCUT2D eigenvalue weighted by Crippen LogP contribution is 2.29. The van der Waals surface area contributed by atoms with Gasteiger partial charge in [0.2, 0.25) is 21.8 Å². The van der Waals surface area contributed by atoms with Gasteiger partial charge in [0.25, 0.3) is 0 Å². The standard InChI is InChI=1S/C19H27N3O4S/c1-3-21(4-2)27(25,26)17-9-7-16(8-10-17)22-13-15(11-18(22)23)19(24)20-12-14-5-6-14/h7-10,14-15H,3-6,11-13H2,1-2H3,(H,20,24). The summed E-state index contributed by atoms with van der Waals surface area (Å²) in [5, 5.41) is 2.93. The van der Waals surface area contributed by atoms with Gasteiger partial charge in [-0.3, -0.25) is 9.59 Å². The first-order valence-electron chi connectivity index (χ1n) is 9.55. The topological polar surface area (TPSA) is 86.8 Å². The number of hydrogen-bond donors (Lipinski definition) is 1. The molecule has 148 valence electrons. The Morgan fingerprint density at radius 3 is 2.37 bits per heavy atom. The van der Waals surface area contributed by atoms with Crippen LogP contribution in [-0.2, 0) is 19.6 Å². The Labute approximate surface area is 160 Å². The first kappa shape index (κ1) is 19.8. The molecule has 1 unspecified atom stereocenters. The second-order valence-corrected chi connectivity index (χ2v) is 9.12. The number of carbonyl (C=O) groups is 2. The number of nitrogens with one attached hydrogen (secondary N) is 1. The van der Waals surface area contributed by atoms with Crippen molar-refractivity contribution in [3.8, 4) is 0 Å². The van der Waals surface area contributed by atoms with Crippen molar-refractivity contribution in [3.05, 3.63) is 24.3 Å². The average molecular weight is 394 g/mol. The Bertz CT molecular complexity index is 799. The van der Waals surface area contributed by atoms with Gasteiger partial charge in [0.15, 0.2) is 0 Å². The number of carbonyl (C=O) groups excluding carboxylic acids is 2. The van der Waals surface area contributed by atoms with Crippen LogP contribution in [0.4, 0.5) is 5.69 Å². The van der Waals surface area contributed by atoms with E-state index in [9.17, 15) is 18.0 Å². The molecule has 2 fully saturated rings. The van der Waals surface area contributed by atoms with Crippen molar-refractivity contribution in [1.29, 1.82) is 0 Å². The molecular formula is C19H27N3O4S. The van der Waals surface area contributed by atoms with Gasteiger partial charge >= 0.3 is 0 Å². The van der Waals surface area contributed by atoms with E-state index in [1.807, 2.05) is 0 Å². The normalized spacial score (nSPS) is 20.3. The maximum Gasteiger partial charge on any atom is 0.243 e. The van der Waals surface area contributed by atoms with Gasteiger partial charge in [0.05, 0.1) is 10.8 Å². The molecule has 8 heteroatoms. The van der Waals surface area contributed by atoms with Crippen molar-refractivity contribution in [2.45, 2.75) is 38.0 Å². The largest absolute Gasteiger partial charge is 0.356 e. The van der Waals surface area contributed by atoms with Gasteiger partial charge in [-0.2, -0.15) is 4.31 Å². The lowest BCUT2D eigenvalue weighted by Crippen LogP contribution is -2.34. The Hall–Kier alpha value is -1.93. The Balaban J connectivity index is 1.67. The summed E-state index contributed by atoms with van der Waals surface area (Å²) in [5.41, 5.74) is 0.621. The molecule has 1 aliphatic heterocycles. The molecule has 0 radical (unpaired) electrons. The molecule has 27 heavy (non-hydrogen) atoms. The van der Waals surface area contributed by atoms with Crippen molar-refractivity contribution in [2.24, 2.45) is 11.8 Å². The zero-order chi connectivity index (χ0) is 19.6. The minimum atomic E-state index is -3.52. The summed E-state index contributed by atoms with van der Waals surface area (Å²) in [5.74, 6) is 0.0668. The van der Waals surface area contributed by atoms with E-state index in [1.54, 1.807) is 30.9 Å². The lowest BCUT2D eigenvalue weighted by molar-refractivity contribution is -0.126. The van der Waals surface area contributed by atoms with Gasteiger partial charge in [0, 0.05) is 38.3 Å². The lowest BCUT2D eigenvalue weighted by atomic mass is 10.1. The summed E-state index contributed by atoms with van der Waals surface area (Å²) in [6.45, 7) is 5.43. The van der Waals surface area contributed by atoms with E-state index in [1.165, 1.54) is 29.3 Å². The summed E-state index contributed by atoms with van der Waals surface area (Å²) in [6, 6.07) is 6.32. The number of anilines is 1. The van der Waals surface area contributed by atoms with E-state index in [0.717, 1.165) is 0 Å². The summed E-state index contributed by atoms with van der Waals surface area (Å²) in [7, 11) is -3.52.